The maximum absolute atomic E-state index is 12.8. The van der Waals surface area contributed by atoms with Gasteiger partial charge in [-0.05, 0) is 36.2 Å². The summed E-state index contributed by atoms with van der Waals surface area (Å²) in [5, 5.41) is 6.06. The summed E-state index contributed by atoms with van der Waals surface area (Å²) in [6.07, 6.45) is 0. The Labute approximate surface area is 139 Å². The molecule has 5 nitrogen and oxygen atoms in total. The zero-order chi connectivity index (χ0) is 17.3. The van der Waals surface area contributed by atoms with Crippen molar-refractivity contribution in [3.05, 3.63) is 70.1 Å². The third-order valence-electron chi connectivity index (χ3n) is 3.91. The molecule has 0 amide bonds. The number of nitrogens with zero attached hydrogens (tertiary/aromatic N) is 2. The van der Waals surface area contributed by atoms with E-state index < -0.39 is 5.97 Å². The second-order valence-corrected chi connectivity index (χ2v) is 5.84. The van der Waals surface area contributed by atoms with E-state index >= 15 is 0 Å². The van der Waals surface area contributed by atoms with Gasteiger partial charge in [-0.25, -0.2) is 4.79 Å². The molecule has 3 aromatic rings. The largest absolute Gasteiger partial charge is 0.465 e. The number of aromatic nitrogens is 2. The fourth-order valence-electron chi connectivity index (χ4n) is 2.67. The summed E-state index contributed by atoms with van der Waals surface area (Å²) in [5.41, 5.74) is 1.72. The number of ether oxygens (including phenoxy) is 1. The number of rotatable bonds is 3. The van der Waals surface area contributed by atoms with E-state index in [1.165, 1.54) is 11.8 Å². The third-order valence-corrected chi connectivity index (χ3v) is 3.91. The predicted molar refractivity (Wildman–Crippen MR) is 92.8 cm³/mol. The van der Waals surface area contributed by atoms with Gasteiger partial charge in [-0.15, -0.1) is 0 Å². The zero-order valence-corrected chi connectivity index (χ0v) is 13.8. The van der Waals surface area contributed by atoms with Gasteiger partial charge in [0.05, 0.1) is 29.4 Å². The Bertz CT molecular complexity index is 957. The van der Waals surface area contributed by atoms with Crippen LogP contribution in [0.1, 0.15) is 35.8 Å². The first kappa shape index (κ1) is 15.9. The minimum Gasteiger partial charge on any atom is -0.465 e. The molecule has 122 valence electrons. The second-order valence-electron chi connectivity index (χ2n) is 5.84. The molecule has 0 bridgehead atoms. The van der Waals surface area contributed by atoms with Crippen LogP contribution in [-0.2, 0) is 4.74 Å². The topological polar surface area (TPSA) is 61.2 Å². The molecular formula is C19H18N2O3. The Hall–Kier alpha value is -2.95. The van der Waals surface area contributed by atoms with Crippen LogP contribution in [0.3, 0.4) is 0 Å². The van der Waals surface area contributed by atoms with E-state index in [1.807, 2.05) is 38.1 Å². The molecule has 1 aromatic heterocycles. The summed E-state index contributed by atoms with van der Waals surface area (Å²) in [7, 11) is 1.33. The Morgan fingerprint density at radius 1 is 1.04 bits per heavy atom. The Kier molecular flexibility index (Phi) is 4.16. The van der Waals surface area contributed by atoms with Gasteiger partial charge in [-0.3, -0.25) is 4.79 Å². The van der Waals surface area contributed by atoms with Gasteiger partial charge in [-0.2, -0.15) is 9.78 Å². The molecule has 0 aliphatic heterocycles. The number of benzene rings is 2. The minimum absolute atomic E-state index is 0.177. The molecule has 0 aliphatic carbocycles. The number of fused-ring (bicyclic) bond motifs is 1. The van der Waals surface area contributed by atoms with Crippen LogP contribution in [0.4, 0.5) is 0 Å². The van der Waals surface area contributed by atoms with Crippen LogP contribution >= 0.6 is 0 Å². The molecule has 0 spiro atoms. The summed E-state index contributed by atoms with van der Waals surface area (Å²) in [6.45, 7) is 4.09. The average molecular weight is 322 g/mol. The summed E-state index contributed by atoms with van der Waals surface area (Å²) < 4.78 is 6.08. The van der Waals surface area contributed by atoms with Crippen LogP contribution in [0.15, 0.2) is 53.3 Å². The van der Waals surface area contributed by atoms with Crippen molar-refractivity contribution in [3.8, 4) is 5.69 Å². The van der Waals surface area contributed by atoms with Crippen LogP contribution < -0.4 is 5.56 Å². The number of carbonyl (C=O) groups excluding carboxylic acids is 1. The number of hydrogen-bond donors (Lipinski definition) is 0. The maximum atomic E-state index is 12.8. The average Bonchev–Trinajstić information content (AvgIpc) is 2.61. The molecule has 0 saturated heterocycles. The fourth-order valence-corrected chi connectivity index (χ4v) is 2.67. The SMILES string of the molecule is COC(=O)c1ccc(-n2nc(C(C)C)c3ccccc3c2=O)cc1. The summed E-state index contributed by atoms with van der Waals surface area (Å²) in [5.74, 6) is -0.237. The Morgan fingerprint density at radius 3 is 2.25 bits per heavy atom. The second kappa shape index (κ2) is 6.28. The lowest BCUT2D eigenvalue weighted by Crippen LogP contribution is -2.23. The molecule has 0 fully saturated rings. The van der Waals surface area contributed by atoms with Crippen molar-refractivity contribution in [2.45, 2.75) is 19.8 Å². The van der Waals surface area contributed by atoms with Gasteiger partial charge in [0.2, 0.25) is 0 Å². The van der Waals surface area contributed by atoms with Gasteiger partial charge in [0, 0.05) is 5.39 Å². The van der Waals surface area contributed by atoms with Gasteiger partial charge in [0.1, 0.15) is 0 Å². The van der Waals surface area contributed by atoms with Crippen LogP contribution in [-0.4, -0.2) is 22.9 Å². The van der Waals surface area contributed by atoms with Gasteiger partial charge >= 0.3 is 5.97 Å². The lowest BCUT2D eigenvalue weighted by atomic mass is 10.0. The van der Waals surface area contributed by atoms with Crippen LogP contribution in [0.25, 0.3) is 16.5 Å². The lowest BCUT2D eigenvalue weighted by molar-refractivity contribution is 0.0600. The summed E-state index contributed by atoms with van der Waals surface area (Å²) in [6, 6.07) is 14.1. The highest BCUT2D eigenvalue weighted by atomic mass is 16.5. The number of carbonyl (C=O) groups is 1. The zero-order valence-electron chi connectivity index (χ0n) is 13.8. The summed E-state index contributed by atoms with van der Waals surface area (Å²) >= 11 is 0. The molecule has 0 atom stereocenters. The lowest BCUT2D eigenvalue weighted by Gasteiger charge is -2.13. The highest BCUT2D eigenvalue weighted by Gasteiger charge is 2.14. The first-order chi connectivity index (χ1) is 11.5. The number of hydrogen-bond acceptors (Lipinski definition) is 4. The molecule has 0 radical (unpaired) electrons. The minimum atomic E-state index is -0.414. The Morgan fingerprint density at radius 2 is 1.67 bits per heavy atom. The third kappa shape index (κ3) is 2.69. The highest BCUT2D eigenvalue weighted by molar-refractivity contribution is 5.89. The van der Waals surface area contributed by atoms with Crippen molar-refractivity contribution in [1.29, 1.82) is 0 Å². The molecule has 24 heavy (non-hydrogen) atoms. The van der Waals surface area contributed by atoms with E-state index in [-0.39, 0.29) is 11.5 Å². The smallest absolute Gasteiger partial charge is 0.337 e. The monoisotopic (exact) mass is 322 g/mol. The van der Waals surface area contributed by atoms with E-state index in [1.54, 1.807) is 24.3 Å². The van der Waals surface area contributed by atoms with E-state index in [4.69, 9.17) is 4.74 Å². The van der Waals surface area contributed by atoms with Crippen molar-refractivity contribution in [3.63, 3.8) is 0 Å². The van der Waals surface area contributed by atoms with Gasteiger partial charge in [0.15, 0.2) is 0 Å². The van der Waals surface area contributed by atoms with Crippen molar-refractivity contribution in [1.82, 2.24) is 9.78 Å². The Balaban J connectivity index is 2.21. The van der Waals surface area contributed by atoms with E-state index in [0.717, 1.165) is 11.1 Å². The van der Waals surface area contributed by atoms with Crippen molar-refractivity contribution in [2.24, 2.45) is 0 Å². The van der Waals surface area contributed by atoms with E-state index in [9.17, 15) is 9.59 Å². The molecular weight excluding hydrogens is 304 g/mol. The molecule has 0 N–H and O–H groups in total. The first-order valence-electron chi connectivity index (χ1n) is 7.73. The van der Waals surface area contributed by atoms with Crippen molar-refractivity contribution in [2.75, 3.05) is 7.11 Å². The van der Waals surface area contributed by atoms with Crippen molar-refractivity contribution < 1.29 is 9.53 Å². The highest BCUT2D eigenvalue weighted by Crippen LogP contribution is 2.21. The molecule has 3 rings (SSSR count). The molecule has 2 aromatic carbocycles. The standard InChI is InChI=1S/C19H18N2O3/c1-12(2)17-15-6-4-5-7-16(15)18(22)21(20-17)14-10-8-13(9-11-14)19(23)24-3/h4-12H,1-3H3. The van der Waals surface area contributed by atoms with Gasteiger partial charge < -0.3 is 4.74 Å². The van der Waals surface area contributed by atoms with Crippen LogP contribution in [0.5, 0.6) is 0 Å². The predicted octanol–water partition coefficient (Wildman–Crippen LogP) is 3.30. The first-order valence-corrected chi connectivity index (χ1v) is 7.73. The molecule has 1 heterocycles. The van der Waals surface area contributed by atoms with Crippen LogP contribution in [0, 0.1) is 0 Å². The van der Waals surface area contributed by atoms with Gasteiger partial charge in [0.25, 0.3) is 5.56 Å². The molecule has 5 heteroatoms. The maximum Gasteiger partial charge on any atom is 0.337 e. The van der Waals surface area contributed by atoms with Crippen molar-refractivity contribution >= 4 is 16.7 Å². The van der Waals surface area contributed by atoms with E-state index in [0.29, 0.717) is 16.6 Å². The normalized spacial score (nSPS) is 11.0. The summed E-state index contributed by atoms with van der Waals surface area (Å²) in [4.78, 5) is 24.3. The molecule has 0 saturated carbocycles. The molecule has 0 aliphatic rings. The molecule has 0 unspecified atom stereocenters. The number of methoxy groups -OCH3 is 1. The van der Waals surface area contributed by atoms with Gasteiger partial charge in [-0.1, -0.05) is 32.0 Å². The quantitative estimate of drug-likeness (QED) is 0.694. The fraction of sp³-hybridized carbons (Fsp3) is 0.211. The van der Waals surface area contributed by atoms with Crippen LogP contribution in [0.2, 0.25) is 0 Å². The number of esters is 1. The van der Waals surface area contributed by atoms with E-state index in [2.05, 4.69) is 5.10 Å².